The van der Waals surface area contributed by atoms with E-state index >= 15 is 0 Å². The quantitative estimate of drug-likeness (QED) is 0.324. The van der Waals surface area contributed by atoms with Crippen molar-refractivity contribution < 1.29 is 9.26 Å². The molecule has 1 aliphatic rings. The predicted molar refractivity (Wildman–Crippen MR) is 124 cm³/mol. The molecule has 0 spiro atoms. The normalized spacial score (nSPS) is 17.6. The molecule has 4 heterocycles. The number of hydrogen-bond acceptors (Lipinski definition) is 8. The van der Waals surface area contributed by atoms with Crippen molar-refractivity contribution in [2.24, 2.45) is 0 Å². The summed E-state index contributed by atoms with van der Waals surface area (Å²) in [5, 5.41) is 5.46. The zero-order valence-corrected chi connectivity index (χ0v) is 20.3. The summed E-state index contributed by atoms with van der Waals surface area (Å²) in [6, 6.07) is 0. The molecule has 3 aromatic heterocycles. The molecule has 1 aliphatic heterocycles. The fraction of sp³-hybridized carbons (Fsp3) is 0.636. The van der Waals surface area contributed by atoms with Crippen LogP contribution in [0.25, 0.3) is 10.2 Å². The van der Waals surface area contributed by atoms with Crippen molar-refractivity contribution in [2.75, 3.05) is 6.61 Å². The number of rotatable bonds is 9. The lowest BCUT2D eigenvalue weighted by molar-refractivity contribution is 0.0937. The summed E-state index contributed by atoms with van der Waals surface area (Å²) < 4.78 is 13.1. The molecule has 0 bridgehead atoms. The Kier molecular flexibility index (Phi) is 7.13. The number of fused-ring (bicyclic) bond motifs is 1. The van der Waals surface area contributed by atoms with Gasteiger partial charge in [-0.25, -0.2) is 4.98 Å². The summed E-state index contributed by atoms with van der Waals surface area (Å²) in [7, 11) is 0. The van der Waals surface area contributed by atoms with Gasteiger partial charge in [0.1, 0.15) is 4.83 Å². The standard InChI is InChI=1S/C22H30N4O3S2/c1-5-7-10-17-23-19(29-25-17)14(4)31-22-24-20-18(16(6-2)13(3)30-20)21(27)26(22)12-15-9-8-11-28-15/h14-15H,5-12H2,1-4H3. The number of ether oxygens (including phenoxy) is 1. The van der Waals surface area contributed by atoms with Crippen LogP contribution < -0.4 is 5.56 Å². The highest BCUT2D eigenvalue weighted by Crippen LogP contribution is 2.35. The third-order valence-corrected chi connectivity index (χ3v) is 7.83. The van der Waals surface area contributed by atoms with Gasteiger partial charge in [0.15, 0.2) is 11.0 Å². The maximum absolute atomic E-state index is 13.6. The monoisotopic (exact) mass is 462 g/mol. The Hall–Kier alpha value is -1.71. The number of nitrogens with zero attached hydrogens (tertiary/aromatic N) is 4. The second-order valence-electron chi connectivity index (χ2n) is 8.03. The van der Waals surface area contributed by atoms with Crippen molar-refractivity contribution in [3.63, 3.8) is 0 Å². The molecular formula is C22H30N4O3S2. The van der Waals surface area contributed by atoms with Crippen molar-refractivity contribution in [2.45, 2.75) is 89.3 Å². The van der Waals surface area contributed by atoms with Crippen molar-refractivity contribution in [1.29, 1.82) is 0 Å². The summed E-state index contributed by atoms with van der Waals surface area (Å²) in [6.07, 6.45) is 5.84. The Balaban J connectivity index is 1.69. The molecule has 31 heavy (non-hydrogen) atoms. The van der Waals surface area contributed by atoms with Crippen LogP contribution >= 0.6 is 23.1 Å². The van der Waals surface area contributed by atoms with Crippen LogP contribution in [0.3, 0.4) is 0 Å². The first-order chi connectivity index (χ1) is 15.0. The topological polar surface area (TPSA) is 83.0 Å². The van der Waals surface area contributed by atoms with E-state index in [0.29, 0.717) is 17.6 Å². The van der Waals surface area contributed by atoms with Gasteiger partial charge in [0.05, 0.1) is 23.3 Å². The van der Waals surface area contributed by atoms with Gasteiger partial charge in [0.25, 0.3) is 5.56 Å². The highest BCUT2D eigenvalue weighted by atomic mass is 32.2. The van der Waals surface area contributed by atoms with Crippen LogP contribution in [0.4, 0.5) is 0 Å². The predicted octanol–water partition coefficient (Wildman–Crippen LogP) is 5.09. The highest BCUT2D eigenvalue weighted by Gasteiger charge is 2.25. The van der Waals surface area contributed by atoms with Crippen LogP contribution in [-0.4, -0.2) is 32.4 Å². The Labute approximate surface area is 190 Å². The van der Waals surface area contributed by atoms with E-state index in [9.17, 15) is 4.79 Å². The second kappa shape index (κ2) is 9.83. The van der Waals surface area contributed by atoms with Crippen molar-refractivity contribution >= 4 is 33.3 Å². The minimum absolute atomic E-state index is 0.0329. The van der Waals surface area contributed by atoms with Gasteiger partial charge in [-0.3, -0.25) is 9.36 Å². The first-order valence-electron chi connectivity index (χ1n) is 11.1. The van der Waals surface area contributed by atoms with Gasteiger partial charge < -0.3 is 9.26 Å². The molecular weight excluding hydrogens is 432 g/mol. The summed E-state index contributed by atoms with van der Waals surface area (Å²) in [4.78, 5) is 25.0. The largest absolute Gasteiger partial charge is 0.376 e. The minimum Gasteiger partial charge on any atom is -0.376 e. The van der Waals surface area contributed by atoms with Crippen LogP contribution in [-0.2, 0) is 24.1 Å². The van der Waals surface area contributed by atoms with E-state index in [2.05, 4.69) is 30.9 Å². The molecule has 1 fully saturated rings. The van der Waals surface area contributed by atoms with Crippen LogP contribution in [0.1, 0.15) is 73.9 Å². The average Bonchev–Trinajstić information content (AvgIpc) is 3.49. The molecule has 0 aromatic carbocycles. The van der Waals surface area contributed by atoms with E-state index in [1.165, 1.54) is 16.6 Å². The third kappa shape index (κ3) is 4.73. The molecule has 2 atom stereocenters. The highest BCUT2D eigenvalue weighted by molar-refractivity contribution is 7.99. The van der Waals surface area contributed by atoms with E-state index in [1.54, 1.807) is 15.9 Å². The Bertz CT molecular complexity index is 1100. The first kappa shape index (κ1) is 22.5. The maximum Gasteiger partial charge on any atom is 0.263 e. The van der Waals surface area contributed by atoms with Gasteiger partial charge in [0.2, 0.25) is 5.89 Å². The number of thioether (sulfide) groups is 1. The van der Waals surface area contributed by atoms with Gasteiger partial charge in [0, 0.05) is 17.9 Å². The van der Waals surface area contributed by atoms with Crippen LogP contribution in [0.5, 0.6) is 0 Å². The van der Waals surface area contributed by atoms with Crippen LogP contribution in [0.2, 0.25) is 0 Å². The van der Waals surface area contributed by atoms with E-state index in [4.69, 9.17) is 14.2 Å². The lowest BCUT2D eigenvalue weighted by Gasteiger charge is -2.17. The molecule has 4 rings (SSSR count). The Morgan fingerprint density at radius 3 is 2.87 bits per heavy atom. The third-order valence-electron chi connectivity index (χ3n) is 5.71. The fourth-order valence-electron chi connectivity index (χ4n) is 3.98. The molecule has 9 heteroatoms. The number of unbranched alkanes of at least 4 members (excludes halogenated alkanes) is 1. The minimum atomic E-state index is -0.102. The number of aryl methyl sites for hydroxylation is 3. The molecule has 1 saturated heterocycles. The van der Waals surface area contributed by atoms with Crippen molar-refractivity contribution in [3.05, 3.63) is 32.5 Å². The van der Waals surface area contributed by atoms with Crippen molar-refractivity contribution in [3.8, 4) is 0 Å². The van der Waals surface area contributed by atoms with Gasteiger partial charge in [-0.2, -0.15) is 4.98 Å². The molecule has 0 N–H and O–H groups in total. The van der Waals surface area contributed by atoms with E-state index in [-0.39, 0.29) is 16.9 Å². The molecule has 0 amide bonds. The molecule has 0 aliphatic carbocycles. The number of thiophene rings is 1. The maximum atomic E-state index is 13.6. The first-order valence-corrected chi connectivity index (χ1v) is 12.8. The molecule has 3 aromatic rings. The van der Waals surface area contributed by atoms with E-state index < -0.39 is 0 Å². The van der Waals surface area contributed by atoms with Crippen LogP contribution in [0.15, 0.2) is 14.5 Å². The SMILES string of the molecule is CCCCc1noc(C(C)Sc2nc3sc(C)c(CC)c3c(=O)n2CC2CCCO2)n1. The summed E-state index contributed by atoms with van der Waals surface area (Å²) in [5.74, 6) is 1.32. The molecule has 7 nitrogen and oxygen atoms in total. The number of hydrogen-bond donors (Lipinski definition) is 0. The zero-order chi connectivity index (χ0) is 22.0. The lowest BCUT2D eigenvalue weighted by Crippen LogP contribution is -2.29. The van der Waals surface area contributed by atoms with Gasteiger partial charge in [-0.15, -0.1) is 11.3 Å². The summed E-state index contributed by atoms with van der Waals surface area (Å²) in [6.45, 7) is 9.61. The van der Waals surface area contributed by atoms with Crippen molar-refractivity contribution in [1.82, 2.24) is 19.7 Å². The summed E-state index contributed by atoms with van der Waals surface area (Å²) in [5.41, 5.74) is 1.14. The van der Waals surface area contributed by atoms with Gasteiger partial charge in [-0.1, -0.05) is 37.2 Å². The average molecular weight is 463 g/mol. The second-order valence-corrected chi connectivity index (χ2v) is 10.5. The summed E-state index contributed by atoms with van der Waals surface area (Å²) >= 11 is 3.10. The molecule has 0 radical (unpaired) electrons. The van der Waals surface area contributed by atoms with Gasteiger partial charge >= 0.3 is 0 Å². The zero-order valence-electron chi connectivity index (χ0n) is 18.6. The fourth-order valence-corrected chi connectivity index (χ4v) is 6.08. The molecule has 0 saturated carbocycles. The smallest absolute Gasteiger partial charge is 0.263 e. The molecule has 2 unspecified atom stereocenters. The van der Waals surface area contributed by atoms with Gasteiger partial charge in [-0.05, 0) is 45.1 Å². The lowest BCUT2D eigenvalue weighted by atomic mass is 10.1. The number of aromatic nitrogens is 4. The Morgan fingerprint density at radius 2 is 2.16 bits per heavy atom. The Morgan fingerprint density at radius 1 is 1.32 bits per heavy atom. The van der Waals surface area contributed by atoms with E-state index in [1.807, 2.05) is 6.92 Å². The molecule has 168 valence electrons. The van der Waals surface area contributed by atoms with E-state index in [0.717, 1.165) is 66.7 Å². The van der Waals surface area contributed by atoms with Crippen LogP contribution in [0, 0.1) is 6.92 Å².